The van der Waals surface area contributed by atoms with E-state index in [-0.39, 0.29) is 5.91 Å². The molecule has 0 aliphatic carbocycles. The highest BCUT2D eigenvalue weighted by Crippen LogP contribution is 2.15. The normalized spacial score (nSPS) is 10.4. The van der Waals surface area contributed by atoms with Gasteiger partial charge in [0.15, 0.2) is 0 Å². The quantitative estimate of drug-likeness (QED) is 0.563. The number of benzene rings is 2. The average Bonchev–Trinajstić information content (AvgIpc) is 3.14. The topological polar surface area (TPSA) is 41.1 Å². The Bertz CT molecular complexity index is 767. The Labute approximate surface area is 152 Å². The summed E-state index contributed by atoms with van der Waals surface area (Å²) in [6.07, 6.45) is 2.59. The van der Waals surface area contributed by atoms with E-state index < -0.39 is 0 Å². The van der Waals surface area contributed by atoms with Crippen molar-refractivity contribution < 1.29 is 4.79 Å². The summed E-state index contributed by atoms with van der Waals surface area (Å²) in [5, 5.41) is 8.34. The Morgan fingerprint density at radius 3 is 2.36 bits per heavy atom. The van der Waals surface area contributed by atoms with Crippen molar-refractivity contribution in [2.75, 3.05) is 17.2 Å². The summed E-state index contributed by atoms with van der Waals surface area (Å²) >= 11 is 1.60. The van der Waals surface area contributed by atoms with Gasteiger partial charge in [0, 0.05) is 22.8 Å². The van der Waals surface area contributed by atoms with Gasteiger partial charge < -0.3 is 10.6 Å². The third-order valence-corrected chi connectivity index (χ3v) is 4.77. The van der Waals surface area contributed by atoms with Gasteiger partial charge in [0.25, 0.3) is 0 Å². The highest BCUT2D eigenvalue weighted by Gasteiger charge is 2.04. The van der Waals surface area contributed by atoms with E-state index in [1.165, 1.54) is 5.56 Å². The van der Waals surface area contributed by atoms with Crippen molar-refractivity contribution in [3.05, 3.63) is 82.6 Å². The Morgan fingerprint density at radius 2 is 1.64 bits per heavy atom. The number of rotatable bonds is 8. The van der Waals surface area contributed by atoms with Crippen LogP contribution in [-0.4, -0.2) is 12.5 Å². The third-order valence-electron chi connectivity index (χ3n) is 3.90. The second-order valence-corrected chi connectivity index (χ2v) is 6.93. The van der Waals surface area contributed by atoms with E-state index in [2.05, 4.69) is 34.9 Å². The molecule has 0 fully saturated rings. The fourth-order valence-corrected chi connectivity index (χ4v) is 3.32. The van der Waals surface area contributed by atoms with E-state index in [4.69, 9.17) is 0 Å². The van der Waals surface area contributed by atoms with Gasteiger partial charge in [0.1, 0.15) is 0 Å². The Hall–Kier alpha value is -2.59. The van der Waals surface area contributed by atoms with Crippen molar-refractivity contribution in [1.82, 2.24) is 0 Å². The summed E-state index contributed by atoms with van der Waals surface area (Å²) in [5.41, 5.74) is 3.27. The smallest absolute Gasteiger partial charge is 0.229 e. The molecule has 0 bridgehead atoms. The van der Waals surface area contributed by atoms with Gasteiger partial charge in [-0.3, -0.25) is 4.79 Å². The zero-order valence-corrected chi connectivity index (χ0v) is 14.9. The molecule has 0 unspecified atom stereocenters. The molecule has 0 atom stereocenters. The Kier molecular flexibility index (Phi) is 6.23. The average molecular weight is 350 g/mol. The lowest BCUT2D eigenvalue weighted by molar-refractivity contribution is -0.115. The first kappa shape index (κ1) is 17.2. The lowest BCUT2D eigenvalue weighted by Crippen LogP contribution is -2.13. The molecule has 0 saturated carbocycles. The third kappa shape index (κ3) is 5.76. The number of aryl methyl sites for hydroxylation is 1. The highest BCUT2D eigenvalue weighted by molar-refractivity contribution is 7.10. The number of carbonyl (C=O) groups is 1. The molecule has 1 aromatic heterocycles. The summed E-state index contributed by atoms with van der Waals surface area (Å²) in [6, 6.07) is 22.3. The molecule has 0 radical (unpaired) electrons. The molecular weight excluding hydrogens is 328 g/mol. The molecule has 3 aromatic rings. The SMILES string of the molecule is O=C(Cc1cccs1)Nc1ccc(NCCCc2ccccc2)cc1. The lowest BCUT2D eigenvalue weighted by Gasteiger charge is -2.09. The van der Waals surface area contributed by atoms with Crippen LogP contribution in [0.1, 0.15) is 16.9 Å². The summed E-state index contributed by atoms with van der Waals surface area (Å²) in [7, 11) is 0. The molecule has 0 aliphatic heterocycles. The van der Waals surface area contributed by atoms with E-state index >= 15 is 0 Å². The van der Waals surface area contributed by atoms with Crippen LogP contribution in [0.5, 0.6) is 0 Å². The molecule has 4 heteroatoms. The van der Waals surface area contributed by atoms with Crippen LogP contribution in [-0.2, 0) is 17.6 Å². The van der Waals surface area contributed by atoms with Gasteiger partial charge in [0.2, 0.25) is 5.91 Å². The number of carbonyl (C=O) groups excluding carboxylic acids is 1. The summed E-state index contributed by atoms with van der Waals surface area (Å²) in [6.45, 7) is 0.930. The van der Waals surface area contributed by atoms with E-state index in [9.17, 15) is 4.79 Å². The molecule has 128 valence electrons. The zero-order chi connectivity index (χ0) is 17.3. The second kappa shape index (κ2) is 9.04. The van der Waals surface area contributed by atoms with Gasteiger partial charge >= 0.3 is 0 Å². The number of hydrogen-bond donors (Lipinski definition) is 2. The molecule has 0 saturated heterocycles. The molecule has 0 spiro atoms. The largest absolute Gasteiger partial charge is 0.385 e. The van der Waals surface area contributed by atoms with Crippen LogP contribution in [0.25, 0.3) is 0 Å². The van der Waals surface area contributed by atoms with Gasteiger partial charge in [-0.15, -0.1) is 11.3 Å². The van der Waals surface area contributed by atoms with Crippen LogP contribution in [0.4, 0.5) is 11.4 Å². The molecule has 0 aliphatic rings. The van der Waals surface area contributed by atoms with E-state index in [0.29, 0.717) is 6.42 Å². The molecule has 2 aromatic carbocycles. The first-order chi connectivity index (χ1) is 12.3. The molecule has 3 rings (SSSR count). The second-order valence-electron chi connectivity index (χ2n) is 5.90. The summed E-state index contributed by atoms with van der Waals surface area (Å²) in [4.78, 5) is 13.1. The first-order valence-corrected chi connectivity index (χ1v) is 9.38. The number of thiophene rings is 1. The van der Waals surface area contributed by atoms with Crippen molar-refractivity contribution in [3.63, 3.8) is 0 Å². The van der Waals surface area contributed by atoms with Gasteiger partial charge in [-0.25, -0.2) is 0 Å². The van der Waals surface area contributed by atoms with Crippen LogP contribution in [0.2, 0.25) is 0 Å². The number of nitrogens with one attached hydrogen (secondary N) is 2. The molecule has 25 heavy (non-hydrogen) atoms. The molecular formula is C21H22N2OS. The van der Waals surface area contributed by atoms with E-state index in [1.54, 1.807) is 11.3 Å². The first-order valence-electron chi connectivity index (χ1n) is 8.50. The van der Waals surface area contributed by atoms with Crippen molar-refractivity contribution in [2.45, 2.75) is 19.3 Å². The summed E-state index contributed by atoms with van der Waals surface area (Å²) in [5.74, 6) is 0.0195. The maximum absolute atomic E-state index is 12.0. The lowest BCUT2D eigenvalue weighted by atomic mass is 10.1. The van der Waals surface area contributed by atoms with Gasteiger partial charge in [0.05, 0.1) is 6.42 Å². The van der Waals surface area contributed by atoms with E-state index in [0.717, 1.165) is 35.6 Å². The number of hydrogen-bond acceptors (Lipinski definition) is 3. The minimum absolute atomic E-state index is 0.0195. The van der Waals surface area contributed by atoms with Gasteiger partial charge in [-0.1, -0.05) is 36.4 Å². The fraction of sp³-hybridized carbons (Fsp3) is 0.190. The monoisotopic (exact) mass is 350 g/mol. The minimum atomic E-state index is 0.0195. The van der Waals surface area contributed by atoms with Crippen LogP contribution in [0, 0.1) is 0 Å². The van der Waals surface area contributed by atoms with Crippen LogP contribution in [0.15, 0.2) is 72.1 Å². The summed E-state index contributed by atoms with van der Waals surface area (Å²) < 4.78 is 0. The van der Waals surface area contributed by atoms with Crippen LogP contribution in [0.3, 0.4) is 0 Å². The number of amides is 1. The maximum atomic E-state index is 12.0. The Balaban J connectivity index is 1.40. The van der Waals surface area contributed by atoms with E-state index in [1.807, 2.05) is 47.8 Å². The molecule has 2 N–H and O–H groups in total. The van der Waals surface area contributed by atoms with Crippen molar-refractivity contribution in [3.8, 4) is 0 Å². The molecule has 3 nitrogen and oxygen atoms in total. The molecule has 1 heterocycles. The van der Waals surface area contributed by atoms with Gasteiger partial charge in [-0.2, -0.15) is 0 Å². The van der Waals surface area contributed by atoms with Crippen molar-refractivity contribution in [2.24, 2.45) is 0 Å². The van der Waals surface area contributed by atoms with Crippen LogP contribution >= 0.6 is 11.3 Å². The molecule has 1 amide bonds. The predicted octanol–water partition coefficient (Wildman–Crippen LogP) is 4.97. The van der Waals surface area contributed by atoms with Crippen LogP contribution < -0.4 is 10.6 Å². The Morgan fingerprint density at radius 1 is 0.880 bits per heavy atom. The minimum Gasteiger partial charge on any atom is -0.385 e. The highest BCUT2D eigenvalue weighted by atomic mass is 32.1. The zero-order valence-electron chi connectivity index (χ0n) is 14.1. The maximum Gasteiger partial charge on any atom is 0.229 e. The van der Waals surface area contributed by atoms with Crippen molar-refractivity contribution in [1.29, 1.82) is 0 Å². The predicted molar refractivity (Wildman–Crippen MR) is 106 cm³/mol. The number of anilines is 2. The van der Waals surface area contributed by atoms with Crippen molar-refractivity contribution >= 4 is 28.6 Å². The fourth-order valence-electron chi connectivity index (χ4n) is 2.62. The van der Waals surface area contributed by atoms with Gasteiger partial charge in [-0.05, 0) is 54.1 Å². The standard InChI is InChI=1S/C21H22N2OS/c24-21(16-20-9-5-15-25-20)23-19-12-10-18(11-13-19)22-14-4-8-17-6-2-1-3-7-17/h1-3,5-7,9-13,15,22H,4,8,14,16H2,(H,23,24).